The van der Waals surface area contributed by atoms with E-state index in [1.165, 1.54) is 0 Å². The third kappa shape index (κ3) is 7.63. The van der Waals surface area contributed by atoms with Gasteiger partial charge in [0.1, 0.15) is 24.0 Å². The Hall–Kier alpha value is -4.48. The van der Waals surface area contributed by atoms with Gasteiger partial charge < -0.3 is 34.4 Å². The van der Waals surface area contributed by atoms with Crippen molar-refractivity contribution in [3.05, 3.63) is 85.5 Å². The maximum Gasteiger partial charge on any atom is 0.306 e. The Balaban J connectivity index is 1.44. The predicted octanol–water partition coefficient (Wildman–Crippen LogP) is 4.51. The highest BCUT2D eigenvalue weighted by molar-refractivity contribution is 6.05. The van der Waals surface area contributed by atoms with E-state index in [2.05, 4.69) is 18.5 Å². The monoisotopic (exact) mass is 687 g/mol. The van der Waals surface area contributed by atoms with Crippen molar-refractivity contribution in [3.8, 4) is 5.75 Å². The van der Waals surface area contributed by atoms with Crippen LogP contribution in [0.15, 0.2) is 79.9 Å². The van der Waals surface area contributed by atoms with E-state index in [0.717, 1.165) is 18.4 Å². The summed E-state index contributed by atoms with van der Waals surface area (Å²) in [5.41, 5.74) is 0.198. The van der Waals surface area contributed by atoms with Gasteiger partial charge in [0, 0.05) is 31.8 Å². The largest absolute Gasteiger partial charge is 0.497 e. The van der Waals surface area contributed by atoms with Crippen LogP contribution in [0.5, 0.6) is 5.75 Å². The molecule has 2 aromatic carbocycles. The summed E-state index contributed by atoms with van der Waals surface area (Å²) in [6, 6.07) is 14.8. The number of anilines is 1. The summed E-state index contributed by atoms with van der Waals surface area (Å²) in [7, 11) is 1.57. The number of nitrogens with one attached hydrogen (secondary N) is 1. The number of hydrogen-bond acceptors (Lipinski definition) is 8. The molecule has 268 valence electrons. The van der Waals surface area contributed by atoms with E-state index in [-0.39, 0.29) is 43.9 Å². The third-order valence-corrected chi connectivity index (χ3v) is 10.1. The SMILES string of the molecule is C=CCCC(=O)OC[C@@H](NC(=O)[C@@H]1[C@@H]2CC[C@]3(O2)[C@H](C(=O)N(CC=C)c2ccc(OC)cc2)N(CCCCCCO)C(=O)[C@@H]13)c1ccccc1. The van der Waals surface area contributed by atoms with Crippen molar-refractivity contribution in [1.29, 1.82) is 0 Å². The number of esters is 1. The molecule has 0 radical (unpaired) electrons. The van der Waals surface area contributed by atoms with Gasteiger partial charge >= 0.3 is 5.97 Å². The molecule has 5 rings (SSSR count). The summed E-state index contributed by atoms with van der Waals surface area (Å²) < 4.78 is 17.6. The summed E-state index contributed by atoms with van der Waals surface area (Å²) in [5.74, 6) is -2.39. The number of ether oxygens (including phenoxy) is 3. The first kappa shape index (κ1) is 36.8. The minimum atomic E-state index is -1.18. The summed E-state index contributed by atoms with van der Waals surface area (Å²) >= 11 is 0. The first-order valence-corrected chi connectivity index (χ1v) is 17.6. The lowest BCUT2D eigenvalue weighted by atomic mass is 9.70. The van der Waals surface area contributed by atoms with Gasteiger partial charge in [-0.15, -0.1) is 13.2 Å². The van der Waals surface area contributed by atoms with Crippen LogP contribution >= 0.6 is 0 Å². The number of rotatable bonds is 19. The summed E-state index contributed by atoms with van der Waals surface area (Å²) in [6.45, 7) is 8.08. The van der Waals surface area contributed by atoms with E-state index in [0.29, 0.717) is 50.1 Å². The molecule has 11 nitrogen and oxygen atoms in total. The van der Waals surface area contributed by atoms with E-state index in [4.69, 9.17) is 14.2 Å². The molecule has 3 aliphatic rings. The molecule has 3 aliphatic heterocycles. The lowest BCUT2D eigenvalue weighted by molar-refractivity contribution is -0.146. The number of carbonyl (C=O) groups excluding carboxylic acids is 4. The number of methoxy groups -OCH3 is 1. The molecule has 50 heavy (non-hydrogen) atoms. The Morgan fingerprint density at radius 3 is 2.50 bits per heavy atom. The molecule has 0 aliphatic carbocycles. The second-order valence-corrected chi connectivity index (χ2v) is 13.1. The van der Waals surface area contributed by atoms with Gasteiger partial charge in [0.05, 0.1) is 31.1 Å². The van der Waals surface area contributed by atoms with Crippen LogP contribution in [0.2, 0.25) is 0 Å². The number of allylic oxidation sites excluding steroid dienone is 1. The van der Waals surface area contributed by atoms with E-state index in [9.17, 15) is 24.3 Å². The molecule has 6 atom stereocenters. The van der Waals surface area contributed by atoms with Crippen molar-refractivity contribution >= 4 is 29.4 Å². The summed E-state index contributed by atoms with van der Waals surface area (Å²) in [4.78, 5) is 59.2. The molecule has 1 spiro atoms. The van der Waals surface area contributed by atoms with Crippen LogP contribution < -0.4 is 15.0 Å². The number of aliphatic hydroxyl groups excluding tert-OH is 1. The molecule has 3 heterocycles. The van der Waals surface area contributed by atoms with E-state index < -0.39 is 41.6 Å². The molecule has 11 heteroatoms. The molecule has 0 aromatic heterocycles. The van der Waals surface area contributed by atoms with Crippen LogP contribution in [0.1, 0.15) is 63.0 Å². The Labute approximate surface area is 294 Å². The van der Waals surface area contributed by atoms with Crippen LogP contribution in [0.4, 0.5) is 5.69 Å². The number of carbonyl (C=O) groups is 4. The fourth-order valence-electron chi connectivity index (χ4n) is 7.73. The van der Waals surface area contributed by atoms with Crippen molar-refractivity contribution < 1.29 is 38.5 Å². The molecule has 3 saturated heterocycles. The number of hydrogen-bond donors (Lipinski definition) is 2. The van der Waals surface area contributed by atoms with Crippen LogP contribution in [-0.2, 0) is 28.7 Å². The molecule has 0 unspecified atom stereocenters. The van der Waals surface area contributed by atoms with E-state index in [1.54, 1.807) is 53.3 Å². The minimum absolute atomic E-state index is 0.0762. The van der Waals surface area contributed by atoms with Gasteiger partial charge in [-0.05, 0) is 61.9 Å². The number of aliphatic hydroxyl groups is 1. The molecule has 2 N–H and O–H groups in total. The zero-order valence-corrected chi connectivity index (χ0v) is 28.8. The Kier molecular flexibility index (Phi) is 12.5. The highest BCUT2D eigenvalue weighted by Gasteiger charge is 2.74. The lowest BCUT2D eigenvalue weighted by Gasteiger charge is -2.37. The number of fused-ring (bicyclic) bond motifs is 1. The molecular formula is C39H49N3O8. The smallest absolute Gasteiger partial charge is 0.306 e. The summed E-state index contributed by atoms with van der Waals surface area (Å²) in [6.07, 6.45) is 7.24. The van der Waals surface area contributed by atoms with Crippen molar-refractivity contribution in [2.75, 3.05) is 38.3 Å². The number of amides is 3. The molecule has 0 saturated carbocycles. The quantitative estimate of drug-likeness (QED) is 0.125. The number of likely N-dealkylation sites (tertiary alicyclic amines) is 1. The van der Waals surface area contributed by atoms with Crippen LogP contribution in [0.3, 0.4) is 0 Å². The minimum Gasteiger partial charge on any atom is -0.497 e. The van der Waals surface area contributed by atoms with Gasteiger partial charge in [-0.25, -0.2) is 0 Å². The van der Waals surface area contributed by atoms with Crippen LogP contribution in [0.25, 0.3) is 0 Å². The number of unbranched alkanes of at least 4 members (excludes halogenated alkanes) is 3. The van der Waals surface area contributed by atoms with Crippen LogP contribution in [-0.4, -0.2) is 84.9 Å². The Morgan fingerprint density at radius 1 is 1.08 bits per heavy atom. The zero-order valence-electron chi connectivity index (χ0n) is 28.8. The second kappa shape index (κ2) is 17.0. The standard InChI is InChI=1S/C39H49N3O8/c1-4-6-16-32(44)49-26-30(27-14-10-9-11-15-27)40-36(45)33-31-21-22-39(50-31)34(33)37(46)42(24-12-7-8-13-25-43)35(39)38(47)41(23-5-2)28-17-19-29(48-3)20-18-28/h4-5,9-11,14-15,17-20,30-31,33-35,43H,1-2,6-8,12-13,16,21-26H2,3H3,(H,40,45)/t30-,31+,33-,34-,35+,39-/m1/s1. The maximum absolute atomic E-state index is 14.8. The fraction of sp³-hybridized carbons (Fsp3) is 0.487. The van der Waals surface area contributed by atoms with Gasteiger partial charge in [-0.2, -0.15) is 0 Å². The summed E-state index contributed by atoms with van der Waals surface area (Å²) in [5, 5.41) is 12.3. The second-order valence-electron chi connectivity index (χ2n) is 13.1. The molecule has 3 amide bonds. The predicted molar refractivity (Wildman–Crippen MR) is 188 cm³/mol. The molecule has 3 fully saturated rings. The average molecular weight is 688 g/mol. The molecular weight excluding hydrogens is 638 g/mol. The lowest BCUT2D eigenvalue weighted by Crippen LogP contribution is -2.56. The van der Waals surface area contributed by atoms with Gasteiger partial charge in [-0.1, -0.05) is 55.3 Å². The van der Waals surface area contributed by atoms with Crippen LogP contribution in [0, 0.1) is 11.8 Å². The Bertz CT molecular complexity index is 1510. The van der Waals surface area contributed by atoms with E-state index in [1.807, 2.05) is 30.3 Å². The topological polar surface area (TPSA) is 135 Å². The molecule has 2 aromatic rings. The van der Waals surface area contributed by atoms with E-state index >= 15 is 0 Å². The first-order chi connectivity index (χ1) is 24.3. The third-order valence-electron chi connectivity index (χ3n) is 10.1. The highest BCUT2D eigenvalue weighted by Crippen LogP contribution is 2.58. The highest BCUT2D eigenvalue weighted by atomic mass is 16.5. The van der Waals surface area contributed by atoms with Gasteiger partial charge in [0.2, 0.25) is 11.8 Å². The normalized spacial score (nSPS) is 24.0. The zero-order chi connectivity index (χ0) is 35.7. The fourth-order valence-corrected chi connectivity index (χ4v) is 7.73. The molecule has 2 bridgehead atoms. The van der Waals surface area contributed by atoms with Crippen molar-refractivity contribution in [2.24, 2.45) is 11.8 Å². The number of benzene rings is 2. The van der Waals surface area contributed by atoms with Crippen molar-refractivity contribution in [3.63, 3.8) is 0 Å². The average Bonchev–Trinajstić information content (AvgIpc) is 3.78. The first-order valence-electron chi connectivity index (χ1n) is 17.6. The van der Waals surface area contributed by atoms with Crippen molar-refractivity contribution in [2.45, 2.75) is 75.2 Å². The van der Waals surface area contributed by atoms with Gasteiger partial charge in [0.15, 0.2) is 0 Å². The number of nitrogens with zero attached hydrogens (tertiary/aromatic N) is 2. The maximum atomic E-state index is 14.8. The van der Waals surface area contributed by atoms with Gasteiger partial charge in [0.25, 0.3) is 5.91 Å². The van der Waals surface area contributed by atoms with Crippen molar-refractivity contribution in [1.82, 2.24) is 10.2 Å². The van der Waals surface area contributed by atoms with Gasteiger partial charge in [-0.3, -0.25) is 19.2 Å². The Morgan fingerprint density at radius 2 is 1.82 bits per heavy atom.